The quantitative estimate of drug-likeness (QED) is 0.311. The second-order valence-corrected chi connectivity index (χ2v) is 10.6. The number of piperazine rings is 1. The standard InChI is InChI=1S/C28H30F3N9O/c1-38-10-12-39(13-11-38)16-19-4-6-20(14-21(19)28(29,30)31)35-27(41)36-22-7-5-18(15-34-22)23-24-25(32)33-8-9-40(24)26(37-23)17-2-3-17/h4-9,14-15,17H,2-3,10-13,16H2,1H3,(H2,32,33)(H2,34,35,36,41). The van der Waals surface area contributed by atoms with Gasteiger partial charge in [0, 0.05) is 68.5 Å². The van der Waals surface area contributed by atoms with Gasteiger partial charge in [0.25, 0.3) is 0 Å². The van der Waals surface area contributed by atoms with Gasteiger partial charge in [0.05, 0.1) is 5.56 Å². The number of fused-ring (bicyclic) bond motifs is 1. The molecule has 0 bridgehead atoms. The number of amides is 2. The zero-order valence-electron chi connectivity index (χ0n) is 22.4. The van der Waals surface area contributed by atoms with Crippen LogP contribution in [0, 0.1) is 0 Å². The molecule has 2 amide bonds. The third-order valence-electron chi connectivity index (χ3n) is 7.49. The van der Waals surface area contributed by atoms with Gasteiger partial charge in [-0.3, -0.25) is 14.6 Å². The summed E-state index contributed by atoms with van der Waals surface area (Å²) in [6, 6.07) is 6.53. The fourth-order valence-electron chi connectivity index (χ4n) is 5.11. The summed E-state index contributed by atoms with van der Waals surface area (Å²) < 4.78 is 43.6. The van der Waals surface area contributed by atoms with Crippen LogP contribution in [0.5, 0.6) is 0 Å². The number of pyridine rings is 1. The number of nitrogen functional groups attached to an aromatic ring is 1. The molecule has 4 heterocycles. The van der Waals surface area contributed by atoms with Crippen LogP contribution in [-0.2, 0) is 12.7 Å². The zero-order chi connectivity index (χ0) is 28.7. The Morgan fingerprint density at radius 2 is 1.85 bits per heavy atom. The SMILES string of the molecule is CN1CCN(Cc2ccc(NC(=O)Nc3ccc(-c4nc(C5CC5)n5ccnc(N)c45)cn3)cc2C(F)(F)F)CC1. The molecular weight excluding hydrogens is 535 g/mol. The van der Waals surface area contributed by atoms with Crippen molar-refractivity contribution >= 4 is 28.9 Å². The number of imidazole rings is 1. The molecule has 1 aliphatic heterocycles. The Morgan fingerprint density at radius 3 is 2.54 bits per heavy atom. The fourth-order valence-corrected chi connectivity index (χ4v) is 5.11. The molecule has 4 N–H and O–H groups in total. The summed E-state index contributed by atoms with van der Waals surface area (Å²) in [6.45, 7) is 3.21. The number of carbonyl (C=O) groups is 1. The van der Waals surface area contributed by atoms with Gasteiger partial charge in [-0.15, -0.1) is 0 Å². The summed E-state index contributed by atoms with van der Waals surface area (Å²) in [4.78, 5) is 30.1. The minimum atomic E-state index is -4.55. The van der Waals surface area contributed by atoms with Crippen molar-refractivity contribution in [3.8, 4) is 11.3 Å². The van der Waals surface area contributed by atoms with Gasteiger partial charge in [0.1, 0.15) is 28.7 Å². The smallest absolute Gasteiger partial charge is 0.382 e. The van der Waals surface area contributed by atoms with Gasteiger partial charge in [-0.1, -0.05) is 6.07 Å². The van der Waals surface area contributed by atoms with E-state index in [1.807, 2.05) is 22.5 Å². The second-order valence-electron chi connectivity index (χ2n) is 10.6. The molecule has 4 aromatic rings. The van der Waals surface area contributed by atoms with Gasteiger partial charge in [0.15, 0.2) is 0 Å². The lowest BCUT2D eigenvalue weighted by atomic mass is 10.0. The number of nitrogens with zero attached hydrogens (tertiary/aromatic N) is 6. The molecule has 6 rings (SSSR count). The topological polar surface area (TPSA) is 117 Å². The minimum Gasteiger partial charge on any atom is -0.382 e. The van der Waals surface area contributed by atoms with E-state index in [1.165, 1.54) is 12.1 Å². The van der Waals surface area contributed by atoms with Crippen molar-refractivity contribution in [1.29, 1.82) is 0 Å². The van der Waals surface area contributed by atoms with Crippen molar-refractivity contribution in [2.24, 2.45) is 0 Å². The molecule has 3 aromatic heterocycles. The van der Waals surface area contributed by atoms with Gasteiger partial charge in [0.2, 0.25) is 0 Å². The van der Waals surface area contributed by atoms with Crippen LogP contribution >= 0.6 is 0 Å². The number of alkyl halides is 3. The monoisotopic (exact) mass is 565 g/mol. The predicted octanol–water partition coefficient (Wildman–Crippen LogP) is 4.66. The predicted molar refractivity (Wildman–Crippen MR) is 149 cm³/mol. The molecule has 0 radical (unpaired) electrons. The van der Waals surface area contributed by atoms with Crippen molar-refractivity contribution in [3.05, 3.63) is 65.9 Å². The highest BCUT2D eigenvalue weighted by molar-refractivity contribution is 5.99. The first-order valence-corrected chi connectivity index (χ1v) is 13.4. The molecule has 2 fully saturated rings. The van der Waals surface area contributed by atoms with Crippen molar-refractivity contribution < 1.29 is 18.0 Å². The fraction of sp³-hybridized carbons (Fsp3) is 0.357. The van der Waals surface area contributed by atoms with Crippen LogP contribution in [0.3, 0.4) is 0 Å². The Labute approximate surface area is 234 Å². The van der Waals surface area contributed by atoms with Crippen LogP contribution in [0.15, 0.2) is 48.9 Å². The lowest BCUT2D eigenvalue weighted by molar-refractivity contribution is -0.138. The number of anilines is 3. The second kappa shape index (κ2) is 10.6. The number of urea groups is 1. The largest absolute Gasteiger partial charge is 0.416 e. The van der Waals surface area contributed by atoms with Crippen LogP contribution in [-0.4, -0.2) is 68.4 Å². The first kappa shape index (κ1) is 27.0. The average Bonchev–Trinajstić information content (AvgIpc) is 3.70. The highest BCUT2D eigenvalue weighted by atomic mass is 19.4. The van der Waals surface area contributed by atoms with E-state index in [0.29, 0.717) is 41.6 Å². The number of halogens is 3. The minimum absolute atomic E-state index is 0.0358. The third kappa shape index (κ3) is 5.81. The number of aromatic nitrogens is 4. The third-order valence-corrected chi connectivity index (χ3v) is 7.49. The van der Waals surface area contributed by atoms with Gasteiger partial charge in [-0.25, -0.2) is 19.7 Å². The molecule has 2 aliphatic rings. The molecule has 1 saturated carbocycles. The highest BCUT2D eigenvalue weighted by Crippen LogP contribution is 2.42. The first-order chi connectivity index (χ1) is 19.7. The Balaban J connectivity index is 1.15. The lowest BCUT2D eigenvalue weighted by Gasteiger charge is -2.33. The summed E-state index contributed by atoms with van der Waals surface area (Å²) in [5, 5.41) is 5.07. The Hall–Kier alpha value is -4.23. The summed E-state index contributed by atoms with van der Waals surface area (Å²) in [5.41, 5.74) is 7.67. The van der Waals surface area contributed by atoms with Crippen LogP contribution in [0.1, 0.15) is 35.7 Å². The number of carbonyl (C=O) groups excluding carboxylic acids is 1. The van der Waals surface area contributed by atoms with E-state index in [9.17, 15) is 18.0 Å². The summed E-state index contributed by atoms with van der Waals surface area (Å²) in [7, 11) is 1.99. The van der Waals surface area contributed by atoms with E-state index in [2.05, 4.69) is 25.5 Å². The summed E-state index contributed by atoms with van der Waals surface area (Å²) in [5.74, 6) is 1.90. The molecule has 1 saturated heterocycles. The summed E-state index contributed by atoms with van der Waals surface area (Å²) >= 11 is 0. The number of nitrogens with one attached hydrogen (secondary N) is 2. The number of hydrogen-bond donors (Lipinski definition) is 3. The molecule has 41 heavy (non-hydrogen) atoms. The van der Waals surface area contributed by atoms with E-state index >= 15 is 0 Å². The van der Waals surface area contributed by atoms with E-state index in [-0.39, 0.29) is 23.6 Å². The van der Waals surface area contributed by atoms with Crippen LogP contribution in [0.4, 0.5) is 35.3 Å². The maximum absolute atomic E-state index is 13.9. The van der Waals surface area contributed by atoms with Crippen molar-refractivity contribution in [3.63, 3.8) is 0 Å². The maximum Gasteiger partial charge on any atom is 0.416 e. The van der Waals surface area contributed by atoms with Crippen molar-refractivity contribution in [1.82, 2.24) is 29.2 Å². The number of rotatable bonds is 6. The molecule has 1 aromatic carbocycles. The average molecular weight is 566 g/mol. The van der Waals surface area contributed by atoms with E-state index in [1.54, 1.807) is 24.5 Å². The molecule has 214 valence electrons. The van der Waals surface area contributed by atoms with Crippen LogP contribution in [0.25, 0.3) is 16.8 Å². The molecule has 0 unspecified atom stereocenters. The van der Waals surface area contributed by atoms with E-state index in [0.717, 1.165) is 37.8 Å². The van der Waals surface area contributed by atoms with Crippen molar-refractivity contribution in [2.45, 2.75) is 31.5 Å². The van der Waals surface area contributed by atoms with Crippen LogP contribution in [0.2, 0.25) is 0 Å². The number of benzene rings is 1. The highest BCUT2D eigenvalue weighted by Gasteiger charge is 2.34. The molecule has 1 aliphatic carbocycles. The van der Waals surface area contributed by atoms with Gasteiger partial charge in [-0.2, -0.15) is 13.2 Å². The zero-order valence-corrected chi connectivity index (χ0v) is 22.4. The van der Waals surface area contributed by atoms with E-state index < -0.39 is 17.8 Å². The first-order valence-electron chi connectivity index (χ1n) is 13.4. The maximum atomic E-state index is 13.9. The molecular formula is C28H30F3N9O. The Kier molecular flexibility index (Phi) is 6.99. The van der Waals surface area contributed by atoms with Gasteiger partial charge in [-0.05, 0) is 49.7 Å². The Bertz CT molecular complexity index is 1570. The van der Waals surface area contributed by atoms with Crippen molar-refractivity contribution in [2.75, 3.05) is 49.6 Å². The van der Waals surface area contributed by atoms with E-state index in [4.69, 9.17) is 10.7 Å². The summed E-state index contributed by atoms with van der Waals surface area (Å²) in [6.07, 6.45) is 2.63. The number of likely N-dealkylation sites (N-methyl/N-ethyl adjacent to an activating group) is 1. The number of nitrogens with two attached hydrogens (primary N) is 1. The lowest BCUT2D eigenvalue weighted by Crippen LogP contribution is -2.44. The number of hydrogen-bond acceptors (Lipinski definition) is 7. The van der Waals surface area contributed by atoms with Gasteiger partial charge < -0.3 is 16.0 Å². The normalized spacial score (nSPS) is 16.7. The molecule has 0 spiro atoms. The van der Waals surface area contributed by atoms with Crippen LogP contribution < -0.4 is 16.4 Å². The van der Waals surface area contributed by atoms with Gasteiger partial charge >= 0.3 is 12.2 Å². The molecule has 13 heteroatoms. The molecule has 0 atom stereocenters. The molecule has 10 nitrogen and oxygen atoms in total. The Morgan fingerprint density at radius 1 is 1.07 bits per heavy atom.